The highest BCUT2D eigenvalue weighted by Crippen LogP contribution is 2.44. The first kappa shape index (κ1) is 19.4. The normalized spacial score (nSPS) is 13.7. The van der Waals surface area contributed by atoms with Crippen LogP contribution in [0.4, 0.5) is 30.2 Å². The number of benzene rings is 1. The summed E-state index contributed by atoms with van der Waals surface area (Å²) >= 11 is 5.84. The molecule has 0 N–H and O–H groups in total. The van der Waals surface area contributed by atoms with E-state index in [2.05, 4.69) is 0 Å². The van der Waals surface area contributed by atoms with Crippen LogP contribution in [0.5, 0.6) is 0 Å². The summed E-state index contributed by atoms with van der Waals surface area (Å²) in [5, 5.41) is 31.3. The molecule has 1 aromatic rings. The Morgan fingerprint density at radius 2 is 1.62 bits per heavy atom. The van der Waals surface area contributed by atoms with Crippen molar-refractivity contribution in [2.24, 2.45) is 0 Å². The molecule has 1 rings (SSSR count). The predicted molar refractivity (Wildman–Crippen MR) is 77.6 cm³/mol. The van der Waals surface area contributed by atoms with Crippen molar-refractivity contribution in [2.75, 3.05) is 4.90 Å². The SMILES string of the molecule is CC(Cl)N(c1c([N+](=O)[O-])cc(C(F)(F)F)cc1[N+](=O)[O-])C(C)C#N. The molecule has 24 heavy (non-hydrogen) atoms. The topological polar surface area (TPSA) is 113 Å². The molecule has 0 amide bonds. The third-order valence-corrected chi connectivity index (χ3v) is 3.25. The van der Waals surface area contributed by atoms with Crippen molar-refractivity contribution < 1.29 is 23.0 Å². The van der Waals surface area contributed by atoms with Crippen molar-refractivity contribution in [1.29, 1.82) is 5.26 Å². The predicted octanol–water partition coefficient (Wildman–Crippen LogP) is 3.83. The van der Waals surface area contributed by atoms with Gasteiger partial charge in [-0.05, 0) is 13.8 Å². The number of nitriles is 1. The molecule has 0 aliphatic heterocycles. The Morgan fingerprint density at radius 3 is 1.88 bits per heavy atom. The Bertz CT molecular complexity index is 682. The molecule has 1 aromatic carbocycles. The van der Waals surface area contributed by atoms with Gasteiger partial charge in [0.1, 0.15) is 11.5 Å². The van der Waals surface area contributed by atoms with Gasteiger partial charge in [0, 0.05) is 12.1 Å². The van der Waals surface area contributed by atoms with Crippen molar-refractivity contribution in [3.05, 3.63) is 37.9 Å². The van der Waals surface area contributed by atoms with Gasteiger partial charge in [-0.15, -0.1) is 0 Å². The van der Waals surface area contributed by atoms with Gasteiger partial charge >= 0.3 is 6.18 Å². The smallest absolute Gasteiger partial charge is 0.328 e. The second-order valence-electron chi connectivity index (χ2n) is 4.66. The number of hydrogen-bond donors (Lipinski definition) is 0. The summed E-state index contributed by atoms with van der Waals surface area (Å²) in [4.78, 5) is 20.8. The molecule has 0 radical (unpaired) electrons. The number of nitro groups is 2. The Balaban J connectivity index is 3.90. The van der Waals surface area contributed by atoms with Crippen molar-refractivity contribution in [1.82, 2.24) is 0 Å². The minimum Gasteiger partial charge on any atom is -0.328 e. The summed E-state index contributed by atoms with van der Waals surface area (Å²) in [6, 6.07) is 0.894. The minimum atomic E-state index is -5.02. The van der Waals surface area contributed by atoms with E-state index >= 15 is 0 Å². The van der Waals surface area contributed by atoms with Crippen LogP contribution >= 0.6 is 11.6 Å². The molecular formula is C12H10ClF3N4O4. The molecule has 0 saturated carbocycles. The highest BCUT2D eigenvalue weighted by Gasteiger charge is 2.40. The first-order valence-corrected chi connectivity index (χ1v) is 6.71. The maximum Gasteiger partial charge on any atom is 0.416 e. The number of anilines is 1. The molecule has 0 saturated heterocycles. The van der Waals surface area contributed by atoms with Crippen LogP contribution in [0.3, 0.4) is 0 Å². The van der Waals surface area contributed by atoms with E-state index < -0.39 is 50.2 Å². The third-order valence-electron chi connectivity index (χ3n) is 3.04. The van der Waals surface area contributed by atoms with Crippen LogP contribution in [0.15, 0.2) is 12.1 Å². The van der Waals surface area contributed by atoms with Crippen LogP contribution in [0.2, 0.25) is 0 Å². The van der Waals surface area contributed by atoms with Gasteiger partial charge in [-0.3, -0.25) is 20.2 Å². The fourth-order valence-corrected chi connectivity index (χ4v) is 2.32. The van der Waals surface area contributed by atoms with Crippen molar-refractivity contribution >= 4 is 28.7 Å². The molecule has 0 fully saturated rings. The molecule has 8 nitrogen and oxygen atoms in total. The molecule has 12 heteroatoms. The van der Waals surface area contributed by atoms with E-state index in [-0.39, 0.29) is 12.1 Å². The molecule has 0 spiro atoms. The molecule has 0 aromatic heterocycles. The molecule has 0 heterocycles. The van der Waals surface area contributed by atoms with Gasteiger partial charge < -0.3 is 4.90 Å². The first-order chi connectivity index (χ1) is 10.9. The highest BCUT2D eigenvalue weighted by atomic mass is 35.5. The second-order valence-corrected chi connectivity index (χ2v) is 5.29. The molecule has 2 atom stereocenters. The van der Waals surface area contributed by atoms with Gasteiger partial charge in [-0.1, -0.05) is 11.6 Å². The van der Waals surface area contributed by atoms with Crippen LogP contribution in [0.25, 0.3) is 0 Å². The van der Waals surface area contributed by atoms with Crippen LogP contribution in [-0.4, -0.2) is 21.4 Å². The molecular weight excluding hydrogens is 357 g/mol. The number of halogens is 4. The van der Waals surface area contributed by atoms with Gasteiger partial charge in [0.25, 0.3) is 11.4 Å². The number of alkyl halides is 4. The second kappa shape index (κ2) is 6.88. The summed E-state index contributed by atoms with van der Waals surface area (Å²) in [5.74, 6) is 0. The fourth-order valence-electron chi connectivity index (χ4n) is 2.05. The maximum absolute atomic E-state index is 12.9. The van der Waals surface area contributed by atoms with E-state index in [1.807, 2.05) is 0 Å². The lowest BCUT2D eigenvalue weighted by Gasteiger charge is -2.29. The van der Waals surface area contributed by atoms with E-state index in [0.29, 0.717) is 0 Å². The van der Waals surface area contributed by atoms with E-state index in [1.54, 1.807) is 6.07 Å². The van der Waals surface area contributed by atoms with Crippen LogP contribution in [-0.2, 0) is 6.18 Å². The number of nitrogens with zero attached hydrogens (tertiary/aromatic N) is 4. The van der Waals surface area contributed by atoms with E-state index in [4.69, 9.17) is 16.9 Å². The number of nitro benzene ring substituents is 2. The Hall–Kier alpha value is -2.61. The summed E-state index contributed by atoms with van der Waals surface area (Å²) in [6.07, 6.45) is -5.02. The van der Waals surface area contributed by atoms with Crippen molar-refractivity contribution in [2.45, 2.75) is 31.6 Å². The summed E-state index contributed by atoms with van der Waals surface area (Å²) in [6.45, 7) is 2.53. The first-order valence-electron chi connectivity index (χ1n) is 6.27. The fraction of sp³-hybridized carbons (Fsp3) is 0.417. The lowest BCUT2D eigenvalue weighted by molar-refractivity contribution is -0.393. The summed E-state index contributed by atoms with van der Waals surface area (Å²) < 4.78 is 38.6. The van der Waals surface area contributed by atoms with E-state index in [0.717, 1.165) is 4.90 Å². The Kier molecular flexibility index (Phi) is 5.57. The van der Waals surface area contributed by atoms with E-state index in [9.17, 15) is 33.4 Å². The average Bonchev–Trinajstić information content (AvgIpc) is 2.44. The molecule has 0 aliphatic rings. The quantitative estimate of drug-likeness (QED) is 0.338. The summed E-state index contributed by atoms with van der Waals surface area (Å²) in [7, 11) is 0. The number of rotatable bonds is 5. The maximum atomic E-state index is 12.9. The summed E-state index contributed by atoms with van der Waals surface area (Å²) in [5.41, 5.74) is -5.75. The Labute approximate surface area is 138 Å². The van der Waals surface area contributed by atoms with Crippen LogP contribution in [0.1, 0.15) is 19.4 Å². The van der Waals surface area contributed by atoms with Crippen molar-refractivity contribution in [3.8, 4) is 6.07 Å². The average molecular weight is 367 g/mol. The Morgan fingerprint density at radius 1 is 1.21 bits per heavy atom. The molecule has 130 valence electrons. The zero-order valence-electron chi connectivity index (χ0n) is 12.2. The van der Waals surface area contributed by atoms with Gasteiger partial charge in [-0.2, -0.15) is 18.4 Å². The lowest BCUT2D eigenvalue weighted by Crippen LogP contribution is -2.37. The standard InChI is InChI=1S/C12H10ClF3N4O4/c1-6(5-17)18(7(2)13)11-9(19(21)22)3-8(12(14,15)16)4-10(11)20(23)24/h3-4,6-7H,1-2H3. The zero-order chi connectivity index (χ0) is 18.8. The van der Waals surface area contributed by atoms with E-state index in [1.165, 1.54) is 13.8 Å². The third kappa shape index (κ3) is 3.83. The molecule has 0 aliphatic carbocycles. The van der Waals surface area contributed by atoms with Gasteiger partial charge in [0.05, 0.1) is 21.5 Å². The van der Waals surface area contributed by atoms with Crippen molar-refractivity contribution in [3.63, 3.8) is 0 Å². The number of hydrogen-bond acceptors (Lipinski definition) is 6. The van der Waals surface area contributed by atoms with Gasteiger partial charge in [-0.25, -0.2) is 0 Å². The minimum absolute atomic E-state index is 0.179. The molecule has 2 unspecified atom stereocenters. The van der Waals surface area contributed by atoms with Crippen LogP contribution in [0, 0.1) is 31.6 Å². The zero-order valence-corrected chi connectivity index (χ0v) is 13.0. The van der Waals surface area contributed by atoms with Gasteiger partial charge in [0.2, 0.25) is 0 Å². The van der Waals surface area contributed by atoms with Gasteiger partial charge in [0.15, 0.2) is 5.69 Å². The lowest BCUT2D eigenvalue weighted by atomic mass is 10.1. The molecule has 0 bridgehead atoms. The van der Waals surface area contributed by atoms with Crippen LogP contribution < -0.4 is 4.90 Å². The largest absolute Gasteiger partial charge is 0.416 e. The monoisotopic (exact) mass is 366 g/mol. The highest BCUT2D eigenvalue weighted by molar-refractivity contribution is 6.21.